The highest BCUT2D eigenvalue weighted by molar-refractivity contribution is 5.95. The zero-order valence-electron chi connectivity index (χ0n) is 11.2. The van der Waals surface area contributed by atoms with Crippen molar-refractivity contribution in [2.75, 3.05) is 12.8 Å². The first kappa shape index (κ1) is 13.1. The molecule has 0 aliphatic heterocycles. The number of aryl methyl sites for hydroxylation is 2. The lowest BCUT2D eigenvalue weighted by molar-refractivity contribution is 0.0774. The second kappa shape index (κ2) is 5.09. The largest absolute Gasteiger partial charge is 0.379 e. The standard InChI is InChI=1S/C13H16N4O2/c1-8-4-5-10(9(2)6-8)7-17(3)13(18)11-12(14)16-19-15-11/h4-6H,7H2,1-3H3,(H2,14,16). The molecule has 1 heterocycles. The molecule has 1 aromatic heterocycles. The first-order valence-corrected chi connectivity index (χ1v) is 5.88. The van der Waals surface area contributed by atoms with Crippen molar-refractivity contribution in [2.45, 2.75) is 20.4 Å². The molecule has 1 aromatic carbocycles. The van der Waals surface area contributed by atoms with E-state index < -0.39 is 0 Å². The number of aromatic nitrogens is 2. The predicted octanol–water partition coefficient (Wildman–Crippen LogP) is 1.54. The van der Waals surface area contributed by atoms with E-state index in [1.807, 2.05) is 26.0 Å². The SMILES string of the molecule is Cc1ccc(CN(C)C(=O)c2nonc2N)c(C)c1. The molecule has 0 atom stereocenters. The molecule has 2 aromatic rings. The molecule has 0 bridgehead atoms. The van der Waals surface area contributed by atoms with Crippen molar-refractivity contribution < 1.29 is 9.42 Å². The molecule has 0 unspecified atom stereocenters. The highest BCUT2D eigenvalue weighted by Crippen LogP contribution is 2.15. The Morgan fingerprint density at radius 1 is 1.37 bits per heavy atom. The van der Waals surface area contributed by atoms with Crippen LogP contribution in [-0.4, -0.2) is 28.2 Å². The van der Waals surface area contributed by atoms with Crippen LogP contribution in [0, 0.1) is 13.8 Å². The third-order valence-corrected chi connectivity index (χ3v) is 2.97. The first-order chi connectivity index (χ1) is 8.99. The molecule has 0 saturated heterocycles. The summed E-state index contributed by atoms with van der Waals surface area (Å²) in [5.74, 6) is -0.295. The highest BCUT2D eigenvalue weighted by atomic mass is 16.6. The number of hydrogen-bond donors (Lipinski definition) is 1. The van der Waals surface area contributed by atoms with E-state index in [4.69, 9.17) is 5.73 Å². The van der Waals surface area contributed by atoms with Gasteiger partial charge in [0.15, 0.2) is 0 Å². The zero-order valence-corrected chi connectivity index (χ0v) is 11.2. The van der Waals surface area contributed by atoms with E-state index in [1.165, 1.54) is 10.5 Å². The lowest BCUT2D eigenvalue weighted by Crippen LogP contribution is -2.27. The highest BCUT2D eigenvalue weighted by Gasteiger charge is 2.20. The van der Waals surface area contributed by atoms with Gasteiger partial charge >= 0.3 is 0 Å². The summed E-state index contributed by atoms with van der Waals surface area (Å²) in [4.78, 5) is 13.6. The molecule has 0 saturated carbocycles. The van der Waals surface area contributed by atoms with Gasteiger partial charge in [0.2, 0.25) is 11.5 Å². The lowest BCUT2D eigenvalue weighted by atomic mass is 10.1. The smallest absolute Gasteiger partial charge is 0.280 e. The number of hydrogen-bond acceptors (Lipinski definition) is 5. The number of carbonyl (C=O) groups excluding carboxylic acids is 1. The molecule has 6 heteroatoms. The molecule has 2 rings (SSSR count). The molecular weight excluding hydrogens is 244 g/mol. The fourth-order valence-corrected chi connectivity index (χ4v) is 1.88. The topological polar surface area (TPSA) is 85.2 Å². The van der Waals surface area contributed by atoms with Crippen LogP contribution in [0.2, 0.25) is 0 Å². The summed E-state index contributed by atoms with van der Waals surface area (Å²) in [5, 5.41) is 6.91. The molecule has 0 spiro atoms. The predicted molar refractivity (Wildman–Crippen MR) is 70.4 cm³/mol. The Labute approximate surface area is 111 Å². The number of benzene rings is 1. The Morgan fingerprint density at radius 3 is 2.68 bits per heavy atom. The molecule has 0 aliphatic rings. The molecule has 0 radical (unpaired) electrons. The summed E-state index contributed by atoms with van der Waals surface area (Å²) in [6.45, 7) is 4.54. The summed E-state index contributed by atoms with van der Waals surface area (Å²) in [7, 11) is 1.69. The fourth-order valence-electron chi connectivity index (χ4n) is 1.88. The summed E-state index contributed by atoms with van der Waals surface area (Å²) >= 11 is 0. The van der Waals surface area contributed by atoms with E-state index in [0.717, 1.165) is 11.1 Å². The van der Waals surface area contributed by atoms with Crippen LogP contribution in [0.3, 0.4) is 0 Å². The van der Waals surface area contributed by atoms with Crippen LogP contribution < -0.4 is 5.73 Å². The van der Waals surface area contributed by atoms with Gasteiger partial charge < -0.3 is 10.6 Å². The number of rotatable bonds is 3. The maximum atomic E-state index is 12.1. The Balaban J connectivity index is 2.15. The zero-order chi connectivity index (χ0) is 14.0. The third-order valence-electron chi connectivity index (χ3n) is 2.97. The van der Waals surface area contributed by atoms with Crippen molar-refractivity contribution >= 4 is 11.7 Å². The van der Waals surface area contributed by atoms with Gasteiger partial charge in [-0.05, 0) is 35.3 Å². The molecule has 6 nitrogen and oxygen atoms in total. The number of nitrogens with zero attached hydrogens (tertiary/aromatic N) is 3. The number of nitrogens with two attached hydrogens (primary N) is 1. The van der Waals surface area contributed by atoms with Crippen LogP contribution in [0.15, 0.2) is 22.8 Å². The molecule has 19 heavy (non-hydrogen) atoms. The van der Waals surface area contributed by atoms with Gasteiger partial charge in [-0.25, -0.2) is 4.63 Å². The number of anilines is 1. The molecule has 0 aliphatic carbocycles. The Morgan fingerprint density at radius 2 is 2.11 bits per heavy atom. The van der Waals surface area contributed by atoms with Crippen molar-refractivity contribution in [1.82, 2.24) is 15.2 Å². The van der Waals surface area contributed by atoms with E-state index in [1.54, 1.807) is 7.05 Å². The van der Waals surface area contributed by atoms with E-state index in [9.17, 15) is 4.79 Å². The van der Waals surface area contributed by atoms with Crippen molar-refractivity contribution in [3.05, 3.63) is 40.6 Å². The van der Waals surface area contributed by atoms with E-state index >= 15 is 0 Å². The number of amides is 1. The van der Waals surface area contributed by atoms with Gasteiger partial charge in [0.25, 0.3) is 5.91 Å². The Hall–Kier alpha value is -2.37. The normalized spacial score (nSPS) is 10.5. The molecule has 0 fully saturated rings. The molecule has 100 valence electrons. The Bertz CT molecular complexity index is 606. The van der Waals surface area contributed by atoms with Crippen LogP contribution in [0.25, 0.3) is 0 Å². The quantitative estimate of drug-likeness (QED) is 0.904. The van der Waals surface area contributed by atoms with E-state index in [-0.39, 0.29) is 17.4 Å². The fraction of sp³-hybridized carbons (Fsp3) is 0.308. The maximum absolute atomic E-state index is 12.1. The first-order valence-electron chi connectivity index (χ1n) is 5.88. The summed E-state index contributed by atoms with van der Waals surface area (Å²) < 4.78 is 4.43. The monoisotopic (exact) mass is 260 g/mol. The minimum Gasteiger partial charge on any atom is -0.379 e. The average Bonchev–Trinajstić information content (AvgIpc) is 2.78. The van der Waals surface area contributed by atoms with Gasteiger partial charge in [-0.1, -0.05) is 23.8 Å². The number of nitrogen functional groups attached to an aromatic ring is 1. The minimum absolute atomic E-state index is 0.0116. The second-order valence-electron chi connectivity index (χ2n) is 4.59. The molecule has 1 amide bonds. The van der Waals surface area contributed by atoms with Gasteiger partial charge in [0.1, 0.15) is 0 Å². The van der Waals surface area contributed by atoms with Gasteiger partial charge in [0, 0.05) is 13.6 Å². The van der Waals surface area contributed by atoms with Crippen molar-refractivity contribution in [1.29, 1.82) is 0 Å². The van der Waals surface area contributed by atoms with Gasteiger partial charge in [-0.3, -0.25) is 4.79 Å². The van der Waals surface area contributed by atoms with E-state index in [0.29, 0.717) is 6.54 Å². The van der Waals surface area contributed by atoms with Crippen molar-refractivity contribution in [3.8, 4) is 0 Å². The Kier molecular flexibility index (Phi) is 3.50. The van der Waals surface area contributed by atoms with Gasteiger partial charge in [0.05, 0.1) is 0 Å². The van der Waals surface area contributed by atoms with Crippen LogP contribution in [0.5, 0.6) is 0 Å². The lowest BCUT2D eigenvalue weighted by Gasteiger charge is -2.17. The molecular formula is C13H16N4O2. The van der Waals surface area contributed by atoms with Crippen molar-refractivity contribution in [3.63, 3.8) is 0 Å². The second-order valence-corrected chi connectivity index (χ2v) is 4.59. The average molecular weight is 260 g/mol. The van der Waals surface area contributed by atoms with Crippen LogP contribution >= 0.6 is 0 Å². The van der Waals surface area contributed by atoms with Crippen LogP contribution in [-0.2, 0) is 6.54 Å². The van der Waals surface area contributed by atoms with Crippen LogP contribution in [0.4, 0.5) is 5.82 Å². The summed E-state index contributed by atoms with van der Waals surface area (Å²) in [6, 6.07) is 6.12. The molecule has 2 N–H and O–H groups in total. The third kappa shape index (κ3) is 2.73. The maximum Gasteiger partial charge on any atom is 0.280 e. The van der Waals surface area contributed by atoms with Gasteiger partial charge in [-0.2, -0.15) is 0 Å². The summed E-state index contributed by atoms with van der Waals surface area (Å²) in [6.07, 6.45) is 0. The van der Waals surface area contributed by atoms with Crippen molar-refractivity contribution in [2.24, 2.45) is 0 Å². The van der Waals surface area contributed by atoms with Crippen LogP contribution in [0.1, 0.15) is 27.2 Å². The van der Waals surface area contributed by atoms with E-state index in [2.05, 4.69) is 21.0 Å². The number of carbonyl (C=O) groups is 1. The summed E-state index contributed by atoms with van der Waals surface area (Å²) in [5.41, 5.74) is 8.97. The minimum atomic E-state index is -0.307. The van der Waals surface area contributed by atoms with Gasteiger partial charge in [-0.15, -0.1) is 0 Å².